The Balaban J connectivity index is 1.44. The first kappa shape index (κ1) is 23.8. The topological polar surface area (TPSA) is 95.9 Å². The number of carboxylic acids is 1. The summed E-state index contributed by atoms with van der Waals surface area (Å²) in [6, 6.07) is 15.2. The van der Waals surface area contributed by atoms with E-state index in [2.05, 4.69) is 31.3 Å². The maximum atomic E-state index is 13.2. The molecule has 2 amide bonds. The van der Waals surface area contributed by atoms with E-state index in [1.165, 1.54) is 0 Å². The molecule has 1 heterocycles. The van der Waals surface area contributed by atoms with Gasteiger partial charge in [-0.1, -0.05) is 62.4 Å². The molecule has 2 aliphatic rings. The Kier molecular flexibility index (Phi) is 6.91. The largest absolute Gasteiger partial charge is 0.481 e. The number of carbonyl (C=O) groups excluding carboxylic acids is 2. The highest BCUT2D eigenvalue weighted by Gasteiger charge is 2.39. The van der Waals surface area contributed by atoms with Crippen molar-refractivity contribution in [2.75, 3.05) is 13.2 Å². The van der Waals surface area contributed by atoms with Crippen LogP contribution in [-0.4, -0.2) is 53.2 Å². The molecule has 180 valence electrons. The quantitative estimate of drug-likeness (QED) is 0.638. The Morgan fingerprint density at radius 2 is 1.62 bits per heavy atom. The molecule has 2 N–H and O–H groups in total. The van der Waals surface area contributed by atoms with Gasteiger partial charge in [-0.3, -0.25) is 9.59 Å². The Bertz CT molecular complexity index is 1040. The molecule has 0 radical (unpaired) electrons. The van der Waals surface area contributed by atoms with Crippen LogP contribution < -0.4 is 5.32 Å². The number of amides is 2. The minimum absolute atomic E-state index is 0.0182. The van der Waals surface area contributed by atoms with Crippen LogP contribution in [0.4, 0.5) is 4.79 Å². The number of ether oxygens (including phenoxy) is 1. The molecule has 1 saturated heterocycles. The fourth-order valence-electron chi connectivity index (χ4n) is 5.20. The molecule has 0 aromatic heterocycles. The molecule has 7 nitrogen and oxygen atoms in total. The molecule has 34 heavy (non-hydrogen) atoms. The van der Waals surface area contributed by atoms with Gasteiger partial charge in [0, 0.05) is 24.9 Å². The molecule has 4 atom stereocenters. The molecule has 4 unspecified atom stereocenters. The lowest BCUT2D eigenvalue weighted by molar-refractivity contribution is -0.138. The fraction of sp³-hybridized carbons (Fsp3) is 0.444. The van der Waals surface area contributed by atoms with Crippen molar-refractivity contribution in [1.82, 2.24) is 10.2 Å². The number of nitrogens with one attached hydrogen (secondary N) is 1. The van der Waals surface area contributed by atoms with Crippen LogP contribution >= 0.6 is 0 Å². The lowest BCUT2D eigenvalue weighted by Gasteiger charge is -2.28. The first-order valence-electron chi connectivity index (χ1n) is 11.9. The molecule has 0 spiro atoms. The van der Waals surface area contributed by atoms with E-state index in [4.69, 9.17) is 9.84 Å². The van der Waals surface area contributed by atoms with Crippen LogP contribution in [0.3, 0.4) is 0 Å². The van der Waals surface area contributed by atoms with Gasteiger partial charge in [0.05, 0.1) is 0 Å². The Morgan fingerprint density at radius 3 is 2.15 bits per heavy atom. The molecule has 1 aliphatic carbocycles. The number of nitrogens with zero attached hydrogens (tertiary/aromatic N) is 1. The third kappa shape index (κ3) is 4.65. The fourth-order valence-corrected chi connectivity index (χ4v) is 5.20. The predicted molar refractivity (Wildman–Crippen MR) is 128 cm³/mol. The monoisotopic (exact) mass is 464 g/mol. The van der Waals surface area contributed by atoms with Gasteiger partial charge in [-0.25, -0.2) is 4.79 Å². The van der Waals surface area contributed by atoms with E-state index in [-0.39, 0.29) is 37.3 Å². The number of likely N-dealkylation sites (tertiary alicyclic amines) is 1. The van der Waals surface area contributed by atoms with Crippen molar-refractivity contribution in [3.8, 4) is 11.1 Å². The zero-order valence-corrected chi connectivity index (χ0v) is 19.9. The van der Waals surface area contributed by atoms with Crippen LogP contribution in [0, 0.1) is 11.8 Å². The molecular weight excluding hydrogens is 432 g/mol. The van der Waals surface area contributed by atoms with Crippen molar-refractivity contribution in [2.45, 2.75) is 51.6 Å². The van der Waals surface area contributed by atoms with Crippen LogP contribution in [0.5, 0.6) is 0 Å². The first-order chi connectivity index (χ1) is 16.3. The standard InChI is InChI=1S/C27H32N2O5/c1-16-14-29(18(3)17(16)2)26(32)24(12-13-25(30)31)28-27(33)34-15-23-21-10-6-4-8-19(21)20-9-5-7-11-22(20)23/h4-11,16-18,23-24H,12-15H2,1-3H3,(H,28,33)(H,30,31). The maximum Gasteiger partial charge on any atom is 0.407 e. The number of fused-ring (bicyclic) bond motifs is 3. The van der Waals surface area contributed by atoms with Gasteiger partial charge >= 0.3 is 12.1 Å². The lowest BCUT2D eigenvalue weighted by atomic mass is 9.95. The van der Waals surface area contributed by atoms with Crippen LogP contribution in [0.2, 0.25) is 0 Å². The number of hydrogen-bond acceptors (Lipinski definition) is 4. The number of rotatable bonds is 7. The number of benzene rings is 2. The highest BCUT2D eigenvalue weighted by Crippen LogP contribution is 2.44. The van der Waals surface area contributed by atoms with Crippen molar-refractivity contribution < 1.29 is 24.2 Å². The van der Waals surface area contributed by atoms with Crippen LogP contribution in [0.25, 0.3) is 11.1 Å². The first-order valence-corrected chi connectivity index (χ1v) is 11.9. The third-order valence-corrected chi connectivity index (χ3v) is 7.50. The van der Waals surface area contributed by atoms with Crippen molar-refractivity contribution in [3.05, 3.63) is 59.7 Å². The van der Waals surface area contributed by atoms with Crippen molar-refractivity contribution >= 4 is 18.0 Å². The molecule has 4 rings (SSSR count). The molecule has 2 aromatic carbocycles. The van der Waals surface area contributed by atoms with Gasteiger partial charge in [0.25, 0.3) is 0 Å². The second-order valence-corrected chi connectivity index (χ2v) is 9.52. The summed E-state index contributed by atoms with van der Waals surface area (Å²) in [5.74, 6) is -0.680. The smallest absolute Gasteiger partial charge is 0.407 e. The number of carboxylic acid groups (broad SMARTS) is 1. The van der Waals surface area contributed by atoms with E-state index in [1.54, 1.807) is 4.90 Å². The summed E-state index contributed by atoms with van der Waals surface area (Å²) in [5, 5.41) is 11.8. The van der Waals surface area contributed by atoms with Gasteiger partial charge in [0.15, 0.2) is 0 Å². The maximum absolute atomic E-state index is 13.2. The molecule has 1 fully saturated rings. The minimum atomic E-state index is -1.01. The average Bonchev–Trinajstić information content (AvgIpc) is 3.29. The number of carbonyl (C=O) groups is 3. The number of aliphatic carboxylic acids is 1. The average molecular weight is 465 g/mol. The second-order valence-electron chi connectivity index (χ2n) is 9.52. The zero-order valence-electron chi connectivity index (χ0n) is 19.9. The van der Waals surface area contributed by atoms with Crippen LogP contribution in [-0.2, 0) is 14.3 Å². The second kappa shape index (κ2) is 9.87. The Hall–Kier alpha value is -3.35. The van der Waals surface area contributed by atoms with Gasteiger partial charge in [0.1, 0.15) is 12.6 Å². The molecule has 7 heteroatoms. The summed E-state index contributed by atoms with van der Waals surface area (Å²) in [6.07, 6.45) is -0.906. The number of hydrogen-bond donors (Lipinski definition) is 2. The third-order valence-electron chi connectivity index (χ3n) is 7.50. The Labute approximate surface area is 200 Å². The molecule has 0 saturated carbocycles. The summed E-state index contributed by atoms with van der Waals surface area (Å²) in [7, 11) is 0. The minimum Gasteiger partial charge on any atom is -0.481 e. The van der Waals surface area contributed by atoms with Crippen molar-refractivity contribution in [1.29, 1.82) is 0 Å². The molecule has 2 aromatic rings. The van der Waals surface area contributed by atoms with Gasteiger partial charge in [-0.15, -0.1) is 0 Å². The van der Waals surface area contributed by atoms with Crippen LogP contribution in [0.15, 0.2) is 48.5 Å². The van der Waals surface area contributed by atoms with Gasteiger partial charge < -0.3 is 20.1 Å². The lowest BCUT2D eigenvalue weighted by Crippen LogP contribution is -2.50. The molecule has 0 bridgehead atoms. The van der Waals surface area contributed by atoms with E-state index in [0.717, 1.165) is 22.3 Å². The summed E-state index contributed by atoms with van der Waals surface area (Å²) in [6.45, 7) is 6.92. The van der Waals surface area contributed by atoms with Crippen molar-refractivity contribution in [2.24, 2.45) is 11.8 Å². The Morgan fingerprint density at radius 1 is 1.03 bits per heavy atom. The summed E-state index contributed by atoms with van der Waals surface area (Å²) >= 11 is 0. The SMILES string of the molecule is CC1CN(C(=O)C(CCC(=O)O)NC(=O)OCC2c3ccccc3-c3ccccc32)C(C)C1C. The van der Waals surface area contributed by atoms with E-state index in [0.29, 0.717) is 18.4 Å². The van der Waals surface area contributed by atoms with E-state index < -0.39 is 18.1 Å². The van der Waals surface area contributed by atoms with E-state index >= 15 is 0 Å². The highest BCUT2D eigenvalue weighted by atomic mass is 16.5. The summed E-state index contributed by atoms with van der Waals surface area (Å²) in [4.78, 5) is 38.9. The summed E-state index contributed by atoms with van der Waals surface area (Å²) < 4.78 is 5.59. The van der Waals surface area contributed by atoms with Crippen LogP contribution in [0.1, 0.15) is 50.7 Å². The normalized spacial score (nSPS) is 22.1. The van der Waals surface area contributed by atoms with Gasteiger partial charge in [-0.05, 0) is 47.4 Å². The molecular formula is C27H32N2O5. The van der Waals surface area contributed by atoms with Gasteiger partial charge in [-0.2, -0.15) is 0 Å². The van der Waals surface area contributed by atoms with E-state index in [1.807, 2.05) is 43.3 Å². The highest BCUT2D eigenvalue weighted by molar-refractivity contribution is 5.87. The van der Waals surface area contributed by atoms with Gasteiger partial charge in [0.2, 0.25) is 5.91 Å². The van der Waals surface area contributed by atoms with Crippen molar-refractivity contribution in [3.63, 3.8) is 0 Å². The predicted octanol–water partition coefficient (Wildman–Crippen LogP) is 4.26. The summed E-state index contributed by atoms with van der Waals surface area (Å²) in [5.41, 5.74) is 4.47. The van der Waals surface area contributed by atoms with E-state index in [9.17, 15) is 14.4 Å². The number of alkyl carbamates (subject to hydrolysis) is 1. The molecule has 1 aliphatic heterocycles. The zero-order chi connectivity index (χ0) is 24.4.